The van der Waals surface area contributed by atoms with Crippen molar-refractivity contribution < 1.29 is 84.7 Å². The normalized spacial score (nSPS) is 18.0. The number of rotatable bonds is 23. The second kappa shape index (κ2) is 21.1. The number of aliphatic carboxylic acids is 2. The second-order valence-corrected chi connectivity index (χ2v) is 25.9. The van der Waals surface area contributed by atoms with Crippen LogP contribution in [0.3, 0.4) is 0 Å². The summed E-state index contributed by atoms with van der Waals surface area (Å²) in [5.41, 5.74) is 1.52. The minimum Gasteiger partial charge on any atom is -0.481 e. The molecule has 1 aliphatic heterocycles. The molecule has 0 amide bonds. The molecule has 1 heterocycles. The third kappa shape index (κ3) is 12.6. The maximum atomic E-state index is 12.8. The van der Waals surface area contributed by atoms with Gasteiger partial charge in [0.2, 0.25) is 0 Å². The number of anilines is 1. The Morgan fingerprint density at radius 3 is 1.60 bits per heavy atom. The van der Waals surface area contributed by atoms with E-state index >= 15 is 0 Å². The van der Waals surface area contributed by atoms with Crippen LogP contribution in [0.25, 0.3) is 27.1 Å². The molecule has 7 N–H and O–H groups in total. The lowest BCUT2D eigenvalue weighted by Crippen LogP contribution is -2.30. The molecule has 0 bridgehead atoms. The Bertz CT molecular complexity index is 3630. The molecule has 0 saturated heterocycles. The summed E-state index contributed by atoms with van der Waals surface area (Å²) in [7, 11) is -24.7. The van der Waals surface area contributed by atoms with E-state index in [1.54, 1.807) is 48.3 Å². The monoisotopic (exact) mass is 1110 g/mol. The summed E-state index contributed by atoms with van der Waals surface area (Å²) < 4.78 is 175. The molecule has 0 spiro atoms. The Morgan fingerprint density at radius 1 is 0.575 bits per heavy atom. The van der Waals surface area contributed by atoms with Crippen molar-refractivity contribution >= 4 is 95.3 Å². The number of hydrogen-bond donors (Lipinski definition) is 7. The lowest BCUT2D eigenvalue weighted by molar-refractivity contribution is -0.138. The summed E-state index contributed by atoms with van der Waals surface area (Å²) in [4.78, 5) is 21.2. The largest absolute Gasteiger partial charge is 0.481 e. The van der Waals surface area contributed by atoms with Crippen molar-refractivity contribution in [3.63, 3.8) is 0 Å². The van der Waals surface area contributed by atoms with E-state index in [2.05, 4.69) is 0 Å². The van der Waals surface area contributed by atoms with Crippen LogP contribution in [-0.4, -0.2) is 99.3 Å². The zero-order chi connectivity index (χ0) is 54.3. The minimum absolute atomic E-state index is 0.00531. The van der Waals surface area contributed by atoms with Crippen molar-refractivity contribution in [1.29, 1.82) is 0 Å². The average molecular weight is 1110 g/mol. The number of allylic oxidation sites excluding steroid dienone is 8. The fourth-order valence-electron chi connectivity index (χ4n) is 10.2. The van der Waals surface area contributed by atoms with Gasteiger partial charge in [0.15, 0.2) is 0 Å². The fraction of sp³-hybridized carbons (Fsp3) is 0.375. The summed E-state index contributed by atoms with van der Waals surface area (Å²) in [6.07, 6.45) is 11.2. The van der Waals surface area contributed by atoms with Gasteiger partial charge in [-0.25, -0.2) is 0 Å². The molecular weight excluding hydrogens is 1050 g/mol. The van der Waals surface area contributed by atoms with Crippen LogP contribution in [0.4, 0.5) is 5.69 Å². The van der Waals surface area contributed by atoms with Crippen molar-refractivity contribution in [3.8, 4) is 0 Å². The van der Waals surface area contributed by atoms with E-state index in [9.17, 15) is 84.7 Å². The fourth-order valence-corrected chi connectivity index (χ4v) is 13.4. The van der Waals surface area contributed by atoms with Crippen LogP contribution < -0.4 is 4.90 Å². The summed E-state index contributed by atoms with van der Waals surface area (Å²) in [5, 5.41) is 18.5. The van der Waals surface area contributed by atoms with Crippen LogP contribution in [-0.2, 0) is 71.0 Å². The highest BCUT2D eigenvalue weighted by atomic mass is 32.2. The van der Waals surface area contributed by atoms with E-state index in [1.807, 2.05) is 13.8 Å². The van der Waals surface area contributed by atoms with Crippen molar-refractivity contribution in [2.24, 2.45) is 0 Å². The van der Waals surface area contributed by atoms with Gasteiger partial charge in [-0.1, -0.05) is 75.6 Å². The van der Waals surface area contributed by atoms with Gasteiger partial charge in [0, 0.05) is 52.4 Å². The average Bonchev–Trinajstić information content (AvgIpc) is 3.62. The molecule has 20 nitrogen and oxygen atoms in total. The van der Waals surface area contributed by atoms with E-state index < -0.39 is 98.7 Å². The first-order chi connectivity index (χ1) is 33.7. The van der Waals surface area contributed by atoms with Gasteiger partial charge in [0.1, 0.15) is 9.79 Å². The van der Waals surface area contributed by atoms with Crippen molar-refractivity contribution in [2.45, 2.75) is 122 Å². The number of fused-ring (bicyclic) bond motifs is 6. The molecule has 1 aliphatic carbocycles. The molecule has 73 heavy (non-hydrogen) atoms. The van der Waals surface area contributed by atoms with Crippen LogP contribution in [0.15, 0.2) is 110 Å². The number of carboxylic acid groups (broad SMARTS) is 2. The standard InChI is InChI=1S/C48H55NO19S5/c1-47(2)38(32(14-7-4-10-17-43(50)51)35-20-19-33-36(45(35)47)26-30(70(57,58)59)28-40(33)72(63,64)65)15-8-5-9-16-42-48(3,23-12-6-11-18-44(52)53)46-37-27-31(71(60,61)62)29-41(73(66,67)68)34(37)21-22-39(46)49(42)24-13-25-69(54,55)56/h5,8-9,15-16,19-22,26-29H,4,6-7,10-14,17-18,23-25H2,1-3H3,(H,50,51)(H,52,53)(H,54,55,56)(H,57,58,59)(H,60,61,62)(H,63,64,65)(H,66,67,68). The molecule has 0 fully saturated rings. The zero-order valence-corrected chi connectivity index (χ0v) is 43.8. The van der Waals surface area contributed by atoms with Crippen LogP contribution in [0.1, 0.15) is 108 Å². The lowest BCUT2D eigenvalue weighted by Gasteiger charge is -2.31. The molecule has 0 radical (unpaired) electrons. The van der Waals surface area contributed by atoms with Gasteiger partial charge in [-0.15, -0.1) is 0 Å². The Kier molecular flexibility index (Phi) is 16.5. The highest BCUT2D eigenvalue weighted by Gasteiger charge is 2.45. The predicted octanol–water partition coefficient (Wildman–Crippen LogP) is 8.15. The third-order valence-corrected chi connectivity index (χ3v) is 17.6. The van der Waals surface area contributed by atoms with Gasteiger partial charge in [-0.3, -0.25) is 32.4 Å². The van der Waals surface area contributed by atoms with Gasteiger partial charge < -0.3 is 15.1 Å². The Hall–Kier alpha value is -5.35. The highest BCUT2D eigenvalue weighted by Crippen LogP contribution is 2.55. The number of carboxylic acids is 2. The molecule has 25 heteroatoms. The van der Waals surface area contributed by atoms with Gasteiger partial charge >= 0.3 is 11.9 Å². The topological polar surface area (TPSA) is 350 Å². The highest BCUT2D eigenvalue weighted by molar-refractivity contribution is 7.87. The molecule has 0 saturated carbocycles. The van der Waals surface area contributed by atoms with Crippen LogP contribution >= 0.6 is 0 Å². The van der Waals surface area contributed by atoms with Crippen molar-refractivity contribution in [1.82, 2.24) is 0 Å². The molecule has 4 aromatic carbocycles. The third-order valence-electron chi connectivity index (χ3n) is 13.3. The summed E-state index contributed by atoms with van der Waals surface area (Å²) in [6.45, 7) is 5.33. The Labute approximate surface area is 423 Å². The van der Waals surface area contributed by atoms with Gasteiger partial charge in [0.05, 0.1) is 15.5 Å². The quantitative estimate of drug-likeness (QED) is 0.0209. The molecule has 2 aliphatic rings. The van der Waals surface area contributed by atoms with Crippen LogP contribution in [0, 0.1) is 0 Å². The van der Waals surface area contributed by atoms with E-state index in [1.165, 1.54) is 18.2 Å². The van der Waals surface area contributed by atoms with E-state index in [0.29, 0.717) is 84.3 Å². The molecule has 1 atom stereocenters. The molecule has 6 rings (SSSR count). The molecule has 1 unspecified atom stereocenters. The van der Waals surface area contributed by atoms with E-state index in [0.717, 1.165) is 17.7 Å². The smallest absolute Gasteiger partial charge is 0.303 e. The number of hydrogen-bond acceptors (Lipinski definition) is 13. The maximum Gasteiger partial charge on any atom is 0.303 e. The van der Waals surface area contributed by atoms with Crippen LogP contribution in [0.5, 0.6) is 0 Å². The lowest BCUT2D eigenvalue weighted by atomic mass is 9.75. The summed E-state index contributed by atoms with van der Waals surface area (Å²) in [6, 6.07) is 9.38. The summed E-state index contributed by atoms with van der Waals surface area (Å²) in [5.74, 6) is -2.64. The second-order valence-electron chi connectivity index (χ2n) is 18.7. The maximum absolute atomic E-state index is 12.8. The zero-order valence-electron chi connectivity index (χ0n) is 39.7. The number of carbonyl (C=O) groups is 2. The van der Waals surface area contributed by atoms with Crippen molar-refractivity contribution in [2.75, 3.05) is 17.2 Å². The Balaban J connectivity index is 1.53. The molecule has 396 valence electrons. The Morgan fingerprint density at radius 2 is 1.10 bits per heavy atom. The first-order valence-electron chi connectivity index (χ1n) is 22.8. The molecular formula is C48H55NO19S5. The van der Waals surface area contributed by atoms with Crippen molar-refractivity contribution in [3.05, 3.63) is 107 Å². The SMILES string of the molecule is CC1(C)C(C=CC=CC=C2N(CCCS(=O)(=O)O)c3ccc4c(S(=O)(=O)O)cc(S(=O)(=O)O)cc4c3C2(C)CCCCCC(=O)O)=C(CCCCCC(=O)O)c2ccc3c(S(=O)(=O)O)cc(S(=O)(=O)O)cc3c21. The first kappa shape index (κ1) is 56.9. The minimum atomic E-state index is -5.12. The van der Waals surface area contributed by atoms with Gasteiger partial charge in [-0.05, 0) is 120 Å². The molecule has 4 aromatic rings. The number of unbranched alkanes of at least 4 members (excludes halogenated alkanes) is 4. The predicted molar refractivity (Wildman–Crippen MR) is 271 cm³/mol. The summed E-state index contributed by atoms with van der Waals surface area (Å²) >= 11 is 0. The number of benzene rings is 4. The molecule has 0 aromatic heterocycles. The van der Waals surface area contributed by atoms with E-state index in [4.69, 9.17) is 0 Å². The first-order valence-corrected chi connectivity index (χ1v) is 30.1. The van der Waals surface area contributed by atoms with E-state index in [-0.39, 0.29) is 60.2 Å². The van der Waals surface area contributed by atoms with Crippen LogP contribution in [0.2, 0.25) is 0 Å². The number of nitrogens with zero attached hydrogens (tertiary/aromatic N) is 1. The van der Waals surface area contributed by atoms with Gasteiger partial charge in [0.25, 0.3) is 50.6 Å². The van der Waals surface area contributed by atoms with Gasteiger partial charge in [-0.2, -0.15) is 42.1 Å².